The van der Waals surface area contributed by atoms with E-state index in [4.69, 9.17) is 0 Å². The third-order valence-electron chi connectivity index (χ3n) is 14.3. The number of Topliss-reactive ketones (excluding diaryl/α,β-unsaturated/α-hetero) is 1. The molecule has 13 nitrogen and oxygen atoms in total. The third kappa shape index (κ3) is 8.64. The minimum atomic E-state index is -3.65. The van der Waals surface area contributed by atoms with Crippen molar-refractivity contribution in [2.75, 3.05) is 19.3 Å². The summed E-state index contributed by atoms with van der Waals surface area (Å²) in [7, 11) is -2.01. The van der Waals surface area contributed by atoms with Gasteiger partial charge in [0.05, 0.1) is 17.3 Å². The number of urea groups is 1. The largest absolute Gasteiger partial charge is 0.347 e. The quantitative estimate of drug-likeness (QED) is 0.171. The number of amides is 5. The lowest BCUT2D eigenvalue weighted by molar-refractivity contribution is -0.146. The molecule has 5 amide bonds. The van der Waals surface area contributed by atoms with E-state index in [-0.39, 0.29) is 41.0 Å². The number of likely N-dealkylation sites (tertiary alicyclic amines) is 1. The fraction of sp³-hybridized carbons (Fsp3) is 0.875. The Bertz CT molecular complexity index is 1550. The van der Waals surface area contributed by atoms with Crippen LogP contribution in [0.1, 0.15) is 143 Å². The molecule has 14 heteroatoms. The maximum atomic E-state index is 15.0. The first-order chi connectivity index (χ1) is 25.5. The number of sulfonamides is 1. The van der Waals surface area contributed by atoms with Gasteiger partial charge in [0.1, 0.15) is 12.1 Å². The highest BCUT2D eigenvalue weighted by Crippen LogP contribution is 2.65. The van der Waals surface area contributed by atoms with Crippen molar-refractivity contribution >= 4 is 39.6 Å². The molecular weight excluding hydrogens is 709 g/mol. The van der Waals surface area contributed by atoms with Crippen LogP contribution in [0.15, 0.2) is 0 Å². The van der Waals surface area contributed by atoms with Gasteiger partial charge in [-0.2, -0.15) is 0 Å². The van der Waals surface area contributed by atoms with E-state index in [1.165, 1.54) is 4.31 Å². The zero-order valence-corrected chi connectivity index (χ0v) is 34.2. The van der Waals surface area contributed by atoms with E-state index in [2.05, 4.69) is 35.1 Å². The zero-order chi connectivity index (χ0) is 39.1. The molecule has 0 spiro atoms. The lowest BCUT2D eigenvalue weighted by atomic mass is 9.70. The smallest absolute Gasteiger partial charge is 0.315 e. The molecule has 1 heterocycles. The fourth-order valence-corrected chi connectivity index (χ4v) is 12.0. The molecule has 6 fully saturated rings. The molecule has 0 aromatic carbocycles. The Morgan fingerprint density at radius 3 is 2.06 bits per heavy atom. The van der Waals surface area contributed by atoms with Gasteiger partial charge in [-0.1, -0.05) is 85.5 Å². The third-order valence-corrected chi connectivity index (χ3v) is 16.4. The van der Waals surface area contributed by atoms with Crippen LogP contribution in [0.25, 0.3) is 0 Å². The van der Waals surface area contributed by atoms with E-state index >= 15 is 0 Å². The summed E-state index contributed by atoms with van der Waals surface area (Å²) in [6, 6.07) is -3.33. The van der Waals surface area contributed by atoms with Crippen LogP contribution in [0.4, 0.5) is 4.79 Å². The standard InChI is InChI=1S/C40H66N6O7S/c1-6-7-17-29(32(47)35(49)41-26-18-19-26)42-34(48)31-30-28(38(30,2)3)24-46(31)36(50)33(39(4)20-10-8-11-21-39)43-37(51)44-40(22-12-9-13-23-40)25-54(52,53)45(5)27-15-14-16-27/h26-31,33H,6-25H2,1-5H3,(H,41,49)(H,42,48)(H2,43,44,51)/t28-,29-,30-,31-,33+/m0/s1. The Morgan fingerprint density at radius 1 is 0.852 bits per heavy atom. The fourth-order valence-electron chi connectivity index (χ4n) is 10.1. The lowest BCUT2D eigenvalue weighted by Gasteiger charge is -2.44. The number of fused-ring (bicyclic) bond motifs is 1. The van der Waals surface area contributed by atoms with Crippen molar-refractivity contribution in [3.8, 4) is 0 Å². The highest BCUT2D eigenvalue weighted by atomic mass is 32.2. The molecule has 6 rings (SSSR count). The first kappa shape index (κ1) is 40.9. The van der Waals surface area contributed by atoms with Crippen LogP contribution in [-0.2, 0) is 29.2 Å². The summed E-state index contributed by atoms with van der Waals surface area (Å²) < 4.78 is 28.9. The Balaban J connectivity index is 1.22. The Morgan fingerprint density at radius 2 is 1.48 bits per heavy atom. The molecule has 5 aliphatic carbocycles. The number of rotatable bonds is 16. The van der Waals surface area contributed by atoms with E-state index in [1.807, 2.05) is 13.8 Å². The molecule has 6 aliphatic rings. The van der Waals surface area contributed by atoms with E-state index in [0.717, 1.165) is 89.9 Å². The second kappa shape index (κ2) is 16.0. The molecule has 4 N–H and O–H groups in total. The van der Waals surface area contributed by atoms with Crippen molar-refractivity contribution in [1.29, 1.82) is 0 Å². The molecule has 1 aliphatic heterocycles. The summed E-state index contributed by atoms with van der Waals surface area (Å²) in [5.74, 6) is -2.32. The summed E-state index contributed by atoms with van der Waals surface area (Å²) in [6.45, 7) is 8.57. The van der Waals surface area contributed by atoms with Crippen molar-refractivity contribution < 1.29 is 32.4 Å². The van der Waals surface area contributed by atoms with Gasteiger partial charge in [0, 0.05) is 25.7 Å². The SMILES string of the molecule is CCCC[C@H](NC(=O)[C@@H]1[C@@H]2[C@H](CN1C(=O)[C@@H](NC(=O)NC1(CS(=O)(=O)N(C)C3CCC3)CCCCC1)C1(C)CCCCC1)C2(C)C)C(=O)C(=O)NC1CC1. The summed E-state index contributed by atoms with van der Waals surface area (Å²) in [5.41, 5.74) is -1.72. The van der Waals surface area contributed by atoms with Gasteiger partial charge in [0.25, 0.3) is 5.91 Å². The summed E-state index contributed by atoms with van der Waals surface area (Å²) >= 11 is 0. The van der Waals surface area contributed by atoms with Crippen molar-refractivity contribution in [3.05, 3.63) is 0 Å². The highest BCUT2D eigenvalue weighted by molar-refractivity contribution is 7.89. The van der Waals surface area contributed by atoms with E-state index in [9.17, 15) is 32.4 Å². The molecule has 1 saturated heterocycles. The average Bonchev–Trinajstić information content (AvgIpc) is 3.95. The number of carbonyl (C=O) groups is 5. The van der Waals surface area contributed by atoms with Crippen LogP contribution < -0.4 is 21.3 Å². The molecule has 0 bridgehead atoms. The number of carbonyl (C=O) groups excluding carboxylic acids is 5. The number of nitrogens with zero attached hydrogens (tertiary/aromatic N) is 2. The molecule has 0 aromatic rings. The van der Waals surface area contributed by atoms with Crippen LogP contribution in [0.3, 0.4) is 0 Å². The van der Waals surface area contributed by atoms with Gasteiger partial charge in [0.15, 0.2) is 0 Å². The number of ketones is 1. The summed E-state index contributed by atoms with van der Waals surface area (Å²) in [6.07, 6.45) is 14.1. The van der Waals surface area contributed by atoms with Crippen LogP contribution >= 0.6 is 0 Å². The van der Waals surface area contributed by atoms with Gasteiger partial charge in [-0.05, 0) is 80.5 Å². The highest BCUT2D eigenvalue weighted by Gasteiger charge is 2.70. The number of unbranched alkanes of at least 4 members (excludes halogenated alkanes) is 1. The normalized spacial score (nSPS) is 28.2. The lowest BCUT2D eigenvalue weighted by Crippen LogP contribution is -2.65. The molecule has 304 valence electrons. The van der Waals surface area contributed by atoms with Crippen LogP contribution in [0.2, 0.25) is 0 Å². The first-order valence-electron chi connectivity index (χ1n) is 21.0. The second-order valence-electron chi connectivity index (χ2n) is 18.6. The van der Waals surface area contributed by atoms with Gasteiger partial charge >= 0.3 is 6.03 Å². The van der Waals surface area contributed by atoms with Crippen molar-refractivity contribution in [1.82, 2.24) is 30.5 Å². The topological polar surface area (TPSA) is 174 Å². The Kier molecular flexibility index (Phi) is 12.1. The number of nitrogens with one attached hydrogen (secondary N) is 4. The molecule has 5 atom stereocenters. The van der Waals surface area contributed by atoms with Crippen LogP contribution in [-0.4, -0.2) is 102 Å². The monoisotopic (exact) mass is 774 g/mol. The minimum Gasteiger partial charge on any atom is -0.347 e. The minimum absolute atomic E-state index is 0.000504. The number of piperidine rings is 1. The van der Waals surface area contributed by atoms with Crippen LogP contribution in [0.5, 0.6) is 0 Å². The Hall–Kier alpha value is -2.74. The molecule has 54 heavy (non-hydrogen) atoms. The maximum Gasteiger partial charge on any atom is 0.315 e. The van der Waals surface area contributed by atoms with Gasteiger partial charge in [-0.15, -0.1) is 0 Å². The summed E-state index contributed by atoms with van der Waals surface area (Å²) in [5, 5.41) is 11.9. The average molecular weight is 775 g/mol. The predicted molar refractivity (Wildman–Crippen MR) is 206 cm³/mol. The van der Waals surface area contributed by atoms with Crippen molar-refractivity contribution in [2.24, 2.45) is 22.7 Å². The van der Waals surface area contributed by atoms with Crippen molar-refractivity contribution in [2.45, 2.75) is 179 Å². The maximum absolute atomic E-state index is 15.0. The Labute approximate surface area is 322 Å². The predicted octanol–water partition coefficient (Wildman–Crippen LogP) is 4.15. The first-order valence-corrected chi connectivity index (χ1v) is 22.6. The number of hydrogen-bond donors (Lipinski definition) is 4. The molecule has 0 aromatic heterocycles. The van der Waals surface area contributed by atoms with Gasteiger partial charge in [0.2, 0.25) is 27.6 Å². The van der Waals surface area contributed by atoms with Crippen LogP contribution in [0, 0.1) is 22.7 Å². The van der Waals surface area contributed by atoms with Gasteiger partial charge in [-0.25, -0.2) is 17.5 Å². The van der Waals surface area contributed by atoms with Gasteiger partial charge in [-0.3, -0.25) is 19.2 Å². The molecule has 0 radical (unpaired) electrons. The molecule has 5 saturated carbocycles. The molecular formula is C40H66N6O7S. The molecule has 0 unspecified atom stereocenters. The van der Waals surface area contributed by atoms with E-state index < -0.39 is 62.7 Å². The van der Waals surface area contributed by atoms with E-state index in [1.54, 1.807) is 11.9 Å². The van der Waals surface area contributed by atoms with Crippen molar-refractivity contribution in [3.63, 3.8) is 0 Å². The van der Waals surface area contributed by atoms with E-state index in [0.29, 0.717) is 32.2 Å². The second-order valence-corrected chi connectivity index (χ2v) is 20.7. The zero-order valence-electron chi connectivity index (χ0n) is 33.3. The van der Waals surface area contributed by atoms with Gasteiger partial charge < -0.3 is 26.2 Å². The number of hydrogen-bond acceptors (Lipinski definition) is 7. The summed E-state index contributed by atoms with van der Waals surface area (Å²) in [4.78, 5) is 71.3.